The minimum absolute atomic E-state index is 0.557. The molecule has 0 bridgehead atoms. The van der Waals surface area contributed by atoms with Crippen LogP contribution in [0.25, 0.3) is 0 Å². The Morgan fingerprint density at radius 2 is 1.95 bits per heavy atom. The highest BCUT2D eigenvalue weighted by atomic mass is 16.5. The fraction of sp³-hybridized carbons (Fsp3) is 1.00. The third-order valence-corrected chi connectivity index (χ3v) is 5.35. The van der Waals surface area contributed by atoms with Crippen LogP contribution in [0.3, 0.4) is 0 Å². The van der Waals surface area contributed by atoms with E-state index < -0.39 is 0 Å². The fourth-order valence-electron chi connectivity index (χ4n) is 4.21. The molecule has 110 valence electrons. The molecule has 19 heavy (non-hydrogen) atoms. The Balaban J connectivity index is 1.50. The first-order chi connectivity index (χ1) is 9.43. The predicted molar refractivity (Wildman–Crippen MR) is 78.4 cm³/mol. The van der Waals surface area contributed by atoms with Crippen molar-refractivity contribution in [3.8, 4) is 0 Å². The van der Waals surface area contributed by atoms with Gasteiger partial charge in [-0.1, -0.05) is 19.3 Å². The summed E-state index contributed by atoms with van der Waals surface area (Å²) in [6, 6.07) is 0.801. The van der Waals surface area contributed by atoms with Crippen molar-refractivity contribution in [2.24, 2.45) is 5.92 Å². The first-order valence-electron chi connectivity index (χ1n) is 8.50. The second kappa shape index (κ2) is 7.05. The van der Waals surface area contributed by atoms with Gasteiger partial charge in [-0.3, -0.25) is 4.90 Å². The Hall–Kier alpha value is -0.120. The second-order valence-corrected chi connectivity index (χ2v) is 6.63. The average Bonchev–Trinajstić information content (AvgIpc) is 3.00. The zero-order valence-electron chi connectivity index (χ0n) is 12.3. The molecule has 0 aromatic rings. The summed E-state index contributed by atoms with van der Waals surface area (Å²) in [6.07, 6.45) is 11.7. The molecule has 2 saturated heterocycles. The molecule has 2 aliphatic heterocycles. The third kappa shape index (κ3) is 3.71. The van der Waals surface area contributed by atoms with Crippen LogP contribution in [0, 0.1) is 5.92 Å². The molecule has 0 amide bonds. The molecule has 1 N–H and O–H groups in total. The summed E-state index contributed by atoms with van der Waals surface area (Å²) in [7, 11) is 0. The van der Waals surface area contributed by atoms with Gasteiger partial charge < -0.3 is 10.1 Å². The van der Waals surface area contributed by atoms with Gasteiger partial charge in [0.15, 0.2) is 0 Å². The molecule has 2 heterocycles. The maximum atomic E-state index is 5.78. The van der Waals surface area contributed by atoms with Crippen molar-refractivity contribution >= 4 is 0 Å². The van der Waals surface area contributed by atoms with Gasteiger partial charge in [-0.25, -0.2) is 0 Å². The Morgan fingerprint density at radius 1 is 1.05 bits per heavy atom. The lowest BCUT2D eigenvalue weighted by atomic mass is 9.82. The molecule has 0 aromatic heterocycles. The monoisotopic (exact) mass is 266 g/mol. The molecule has 0 spiro atoms. The van der Waals surface area contributed by atoms with Crippen LogP contribution >= 0.6 is 0 Å². The van der Waals surface area contributed by atoms with Gasteiger partial charge in [0, 0.05) is 38.8 Å². The predicted octanol–water partition coefficient (Wildman–Crippen LogP) is 2.41. The van der Waals surface area contributed by atoms with Crippen molar-refractivity contribution in [3.05, 3.63) is 0 Å². The maximum absolute atomic E-state index is 5.78. The minimum atomic E-state index is 0.557. The van der Waals surface area contributed by atoms with E-state index in [1.807, 2.05) is 0 Å². The van der Waals surface area contributed by atoms with Crippen molar-refractivity contribution in [2.45, 2.75) is 63.5 Å². The summed E-state index contributed by atoms with van der Waals surface area (Å²) >= 11 is 0. The smallest absolute Gasteiger partial charge is 0.0588 e. The molecule has 1 aliphatic carbocycles. The summed E-state index contributed by atoms with van der Waals surface area (Å²) in [5.41, 5.74) is 0. The van der Waals surface area contributed by atoms with Crippen LogP contribution in [-0.4, -0.2) is 49.8 Å². The summed E-state index contributed by atoms with van der Waals surface area (Å²) < 4.78 is 5.78. The van der Waals surface area contributed by atoms with Gasteiger partial charge in [0.1, 0.15) is 0 Å². The van der Waals surface area contributed by atoms with Gasteiger partial charge in [0.05, 0.1) is 6.10 Å². The van der Waals surface area contributed by atoms with Gasteiger partial charge in [0.25, 0.3) is 0 Å². The summed E-state index contributed by atoms with van der Waals surface area (Å²) in [5, 5.41) is 3.62. The highest BCUT2D eigenvalue weighted by Crippen LogP contribution is 2.30. The lowest BCUT2D eigenvalue weighted by Crippen LogP contribution is -2.55. The standard InChI is InChI=1S/C16H30N2O/c1-2-5-14(6-3-1)16-13-17-9-11-18(16)10-8-15-7-4-12-19-15/h14-17H,1-13H2. The molecule has 2 unspecified atom stereocenters. The molecule has 1 saturated carbocycles. The largest absolute Gasteiger partial charge is 0.378 e. The van der Waals surface area contributed by atoms with Crippen LogP contribution < -0.4 is 5.32 Å². The topological polar surface area (TPSA) is 24.5 Å². The highest BCUT2D eigenvalue weighted by molar-refractivity contribution is 4.87. The van der Waals surface area contributed by atoms with Crippen LogP contribution in [0.2, 0.25) is 0 Å². The number of nitrogens with zero attached hydrogens (tertiary/aromatic N) is 1. The van der Waals surface area contributed by atoms with E-state index in [0.717, 1.165) is 18.6 Å². The number of rotatable bonds is 4. The van der Waals surface area contributed by atoms with Gasteiger partial charge in [-0.15, -0.1) is 0 Å². The van der Waals surface area contributed by atoms with Gasteiger partial charge in [0.2, 0.25) is 0 Å². The van der Waals surface area contributed by atoms with E-state index >= 15 is 0 Å². The average molecular weight is 266 g/mol. The van der Waals surface area contributed by atoms with Crippen molar-refractivity contribution in [2.75, 3.05) is 32.8 Å². The molecule has 3 nitrogen and oxygen atoms in total. The van der Waals surface area contributed by atoms with Gasteiger partial charge >= 0.3 is 0 Å². The zero-order chi connectivity index (χ0) is 12.9. The number of ether oxygens (including phenoxy) is 1. The van der Waals surface area contributed by atoms with E-state index in [4.69, 9.17) is 4.74 Å². The SMILES string of the molecule is C1CCC(C2CNCCN2CCC2CCCO2)CC1. The number of hydrogen-bond acceptors (Lipinski definition) is 3. The van der Waals surface area contributed by atoms with Gasteiger partial charge in [-0.05, 0) is 38.0 Å². The molecule has 3 heteroatoms. The fourth-order valence-corrected chi connectivity index (χ4v) is 4.21. The zero-order valence-corrected chi connectivity index (χ0v) is 12.3. The van der Waals surface area contributed by atoms with E-state index in [-0.39, 0.29) is 0 Å². The van der Waals surface area contributed by atoms with Crippen molar-refractivity contribution in [3.63, 3.8) is 0 Å². The summed E-state index contributed by atoms with van der Waals surface area (Å²) in [5.74, 6) is 0.950. The van der Waals surface area contributed by atoms with E-state index in [9.17, 15) is 0 Å². The number of piperazine rings is 1. The van der Waals surface area contributed by atoms with E-state index in [1.54, 1.807) is 0 Å². The molecule has 0 aromatic carbocycles. The summed E-state index contributed by atoms with van der Waals surface area (Å²) in [4.78, 5) is 2.77. The highest BCUT2D eigenvalue weighted by Gasteiger charge is 2.31. The van der Waals surface area contributed by atoms with Crippen LogP contribution in [0.1, 0.15) is 51.4 Å². The molecular formula is C16H30N2O. The first-order valence-corrected chi connectivity index (χ1v) is 8.50. The molecule has 3 fully saturated rings. The van der Waals surface area contributed by atoms with Crippen LogP contribution in [-0.2, 0) is 4.74 Å². The normalized spacial score (nSPS) is 34.7. The van der Waals surface area contributed by atoms with Crippen LogP contribution in [0.15, 0.2) is 0 Å². The first kappa shape index (κ1) is 13.8. The molecule has 3 rings (SSSR count). The number of nitrogens with one attached hydrogen (secondary N) is 1. The van der Waals surface area contributed by atoms with Crippen LogP contribution in [0.4, 0.5) is 0 Å². The van der Waals surface area contributed by atoms with Crippen LogP contribution in [0.5, 0.6) is 0 Å². The Bertz CT molecular complexity index is 259. The third-order valence-electron chi connectivity index (χ3n) is 5.35. The van der Waals surface area contributed by atoms with E-state index in [0.29, 0.717) is 6.10 Å². The van der Waals surface area contributed by atoms with E-state index in [1.165, 1.54) is 77.5 Å². The lowest BCUT2D eigenvalue weighted by Gasteiger charge is -2.42. The maximum Gasteiger partial charge on any atom is 0.0588 e. The van der Waals surface area contributed by atoms with Gasteiger partial charge in [-0.2, -0.15) is 0 Å². The molecule has 0 radical (unpaired) electrons. The van der Waals surface area contributed by atoms with Crippen molar-refractivity contribution in [1.29, 1.82) is 0 Å². The number of hydrogen-bond donors (Lipinski definition) is 1. The van der Waals surface area contributed by atoms with E-state index in [2.05, 4.69) is 10.2 Å². The molecular weight excluding hydrogens is 236 g/mol. The summed E-state index contributed by atoms with van der Waals surface area (Å²) in [6.45, 7) is 5.89. The Morgan fingerprint density at radius 3 is 2.74 bits per heavy atom. The Kier molecular flexibility index (Phi) is 5.14. The van der Waals surface area contributed by atoms with Crippen molar-refractivity contribution in [1.82, 2.24) is 10.2 Å². The van der Waals surface area contributed by atoms with Crippen molar-refractivity contribution < 1.29 is 4.74 Å². The molecule has 2 atom stereocenters. The molecule has 3 aliphatic rings. The second-order valence-electron chi connectivity index (χ2n) is 6.63. The quantitative estimate of drug-likeness (QED) is 0.846. The lowest BCUT2D eigenvalue weighted by molar-refractivity contribution is 0.0573. The minimum Gasteiger partial charge on any atom is -0.378 e. The Labute approximate surface area is 118 Å².